The Morgan fingerprint density at radius 1 is 1.10 bits per heavy atom. The summed E-state index contributed by atoms with van der Waals surface area (Å²) in [6, 6.07) is 17.4. The predicted octanol–water partition coefficient (Wildman–Crippen LogP) is 2.85. The van der Waals surface area contributed by atoms with E-state index in [-0.39, 0.29) is 12.5 Å². The van der Waals surface area contributed by atoms with Gasteiger partial charge in [0.25, 0.3) is 0 Å². The van der Waals surface area contributed by atoms with Crippen molar-refractivity contribution in [3.8, 4) is 5.75 Å². The van der Waals surface area contributed by atoms with E-state index in [1.54, 1.807) is 0 Å². The third-order valence-corrected chi connectivity index (χ3v) is 2.75. The number of benzene rings is 2. The number of rotatable bonds is 6. The number of carbonyl (C=O) groups excluding carboxylic acids is 1. The molecule has 20 heavy (non-hydrogen) atoms. The van der Waals surface area contributed by atoms with Crippen LogP contribution >= 0.6 is 0 Å². The fourth-order valence-electron chi connectivity index (χ4n) is 1.68. The summed E-state index contributed by atoms with van der Waals surface area (Å²) in [7, 11) is 1.36. The monoisotopic (exact) mass is 271 g/mol. The highest BCUT2D eigenvalue weighted by Crippen LogP contribution is 2.18. The number of hydrogen-bond acceptors (Lipinski definition) is 4. The second kappa shape index (κ2) is 7.19. The van der Waals surface area contributed by atoms with Gasteiger partial charge in [-0.1, -0.05) is 36.4 Å². The maximum atomic E-state index is 11.1. The Hall–Kier alpha value is -2.49. The fourth-order valence-corrected chi connectivity index (χ4v) is 1.68. The number of carbonyl (C=O) groups is 1. The fraction of sp³-hybridized carbons (Fsp3) is 0.188. The molecular weight excluding hydrogens is 254 g/mol. The summed E-state index contributed by atoms with van der Waals surface area (Å²) < 4.78 is 10.3. The quantitative estimate of drug-likeness (QED) is 0.821. The summed E-state index contributed by atoms with van der Waals surface area (Å²) in [5.74, 6) is 0.448. The van der Waals surface area contributed by atoms with E-state index in [2.05, 4.69) is 10.1 Å². The first kappa shape index (κ1) is 13.9. The molecule has 0 aromatic heterocycles. The van der Waals surface area contributed by atoms with Crippen LogP contribution in [0.4, 0.5) is 5.69 Å². The lowest BCUT2D eigenvalue weighted by Gasteiger charge is -2.09. The van der Waals surface area contributed by atoms with Crippen molar-refractivity contribution >= 4 is 11.7 Å². The average Bonchev–Trinajstić information content (AvgIpc) is 2.52. The molecule has 0 radical (unpaired) electrons. The normalized spacial score (nSPS) is 9.85. The molecule has 2 aromatic rings. The highest BCUT2D eigenvalue weighted by molar-refractivity contribution is 5.74. The van der Waals surface area contributed by atoms with Crippen LogP contribution in [0.2, 0.25) is 0 Å². The summed E-state index contributed by atoms with van der Waals surface area (Å²) >= 11 is 0. The lowest BCUT2D eigenvalue weighted by Crippen LogP contribution is -2.14. The van der Waals surface area contributed by atoms with Crippen molar-refractivity contribution in [3.63, 3.8) is 0 Å². The molecule has 0 heterocycles. The van der Waals surface area contributed by atoms with Crippen LogP contribution in [0.15, 0.2) is 54.6 Å². The Labute approximate surface area is 118 Å². The smallest absolute Gasteiger partial charge is 0.325 e. The van der Waals surface area contributed by atoms with Gasteiger partial charge in [0.2, 0.25) is 0 Å². The van der Waals surface area contributed by atoms with Crippen molar-refractivity contribution in [2.45, 2.75) is 6.61 Å². The van der Waals surface area contributed by atoms with Gasteiger partial charge in [-0.25, -0.2) is 0 Å². The molecule has 0 saturated carbocycles. The second-order valence-electron chi connectivity index (χ2n) is 4.23. The van der Waals surface area contributed by atoms with E-state index in [1.165, 1.54) is 7.11 Å². The van der Waals surface area contributed by atoms with E-state index in [0.29, 0.717) is 6.61 Å². The van der Waals surface area contributed by atoms with Gasteiger partial charge in [0.15, 0.2) is 0 Å². The predicted molar refractivity (Wildman–Crippen MR) is 77.7 cm³/mol. The summed E-state index contributed by atoms with van der Waals surface area (Å²) in [4.78, 5) is 11.1. The zero-order chi connectivity index (χ0) is 14.2. The van der Waals surface area contributed by atoms with E-state index in [4.69, 9.17) is 4.74 Å². The van der Waals surface area contributed by atoms with Gasteiger partial charge < -0.3 is 14.8 Å². The molecule has 0 fully saturated rings. The van der Waals surface area contributed by atoms with Crippen molar-refractivity contribution < 1.29 is 14.3 Å². The van der Waals surface area contributed by atoms with Crippen LogP contribution in [0.1, 0.15) is 5.56 Å². The maximum absolute atomic E-state index is 11.1. The number of esters is 1. The molecule has 104 valence electrons. The number of anilines is 1. The first-order chi connectivity index (χ1) is 9.78. The van der Waals surface area contributed by atoms with Gasteiger partial charge in [-0.05, 0) is 17.7 Å². The Bertz CT molecular complexity index is 555. The molecule has 0 amide bonds. The highest BCUT2D eigenvalue weighted by Gasteiger charge is 2.01. The zero-order valence-corrected chi connectivity index (χ0v) is 11.3. The van der Waals surface area contributed by atoms with Gasteiger partial charge in [0.05, 0.1) is 7.11 Å². The first-order valence-electron chi connectivity index (χ1n) is 6.35. The average molecular weight is 271 g/mol. The molecule has 4 heteroatoms. The second-order valence-corrected chi connectivity index (χ2v) is 4.23. The van der Waals surface area contributed by atoms with Crippen molar-refractivity contribution in [3.05, 3.63) is 60.2 Å². The lowest BCUT2D eigenvalue weighted by atomic mass is 10.2. The van der Waals surface area contributed by atoms with E-state index < -0.39 is 0 Å². The van der Waals surface area contributed by atoms with Crippen molar-refractivity contribution in [2.75, 3.05) is 19.0 Å². The van der Waals surface area contributed by atoms with Crippen molar-refractivity contribution in [1.29, 1.82) is 0 Å². The minimum atomic E-state index is -0.305. The molecule has 0 unspecified atom stereocenters. The van der Waals surface area contributed by atoms with E-state index >= 15 is 0 Å². The Morgan fingerprint density at radius 3 is 2.65 bits per heavy atom. The standard InChI is InChI=1S/C16H17NO3/c1-19-16(18)11-17-14-8-5-9-15(10-14)20-12-13-6-3-2-4-7-13/h2-10,17H,11-12H2,1H3. The maximum Gasteiger partial charge on any atom is 0.325 e. The molecule has 0 saturated heterocycles. The van der Waals surface area contributed by atoms with Crippen LogP contribution < -0.4 is 10.1 Å². The summed E-state index contributed by atoms with van der Waals surface area (Å²) in [5.41, 5.74) is 1.93. The molecule has 4 nitrogen and oxygen atoms in total. The van der Waals surface area contributed by atoms with E-state index in [9.17, 15) is 4.79 Å². The van der Waals surface area contributed by atoms with Gasteiger partial charge in [0, 0.05) is 11.8 Å². The topological polar surface area (TPSA) is 47.6 Å². The molecule has 0 aliphatic heterocycles. The Morgan fingerprint density at radius 2 is 1.90 bits per heavy atom. The van der Waals surface area contributed by atoms with Crippen LogP contribution in [0, 0.1) is 0 Å². The SMILES string of the molecule is COC(=O)CNc1cccc(OCc2ccccc2)c1. The Balaban J connectivity index is 1.90. The van der Waals surface area contributed by atoms with Crippen molar-refractivity contribution in [1.82, 2.24) is 0 Å². The van der Waals surface area contributed by atoms with Crippen molar-refractivity contribution in [2.24, 2.45) is 0 Å². The zero-order valence-electron chi connectivity index (χ0n) is 11.3. The van der Waals surface area contributed by atoms with Crippen LogP contribution in [0.3, 0.4) is 0 Å². The molecule has 0 bridgehead atoms. The number of methoxy groups -OCH3 is 1. The molecule has 2 aromatic carbocycles. The number of hydrogen-bond donors (Lipinski definition) is 1. The molecule has 0 atom stereocenters. The number of nitrogens with one attached hydrogen (secondary N) is 1. The molecule has 0 spiro atoms. The molecule has 2 rings (SSSR count). The summed E-state index contributed by atoms with van der Waals surface area (Å²) in [6.45, 7) is 0.653. The van der Waals surface area contributed by atoms with Crippen LogP contribution in [0.5, 0.6) is 5.75 Å². The van der Waals surface area contributed by atoms with Gasteiger partial charge in [-0.3, -0.25) is 4.79 Å². The van der Waals surface area contributed by atoms with Gasteiger partial charge in [-0.15, -0.1) is 0 Å². The molecular formula is C16H17NO3. The largest absolute Gasteiger partial charge is 0.489 e. The van der Waals surface area contributed by atoms with Gasteiger partial charge in [-0.2, -0.15) is 0 Å². The molecule has 0 aliphatic carbocycles. The van der Waals surface area contributed by atoms with Crippen LogP contribution in [-0.4, -0.2) is 19.6 Å². The van der Waals surface area contributed by atoms with Gasteiger partial charge >= 0.3 is 5.97 Å². The minimum Gasteiger partial charge on any atom is -0.489 e. The molecule has 1 N–H and O–H groups in total. The van der Waals surface area contributed by atoms with Crippen LogP contribution in [0.25, 0.3) is 0 Å². The Kier molecular flexibility index (Phi) is 5.00. The van der Waals surface area contributed by atoms with Gasteiger partial charge in [0.1, 0.15) is 18.9 Å². The lowest BCUT2D eigenvalue weighted by molar-refractivity contribution is -0.138. The summed E-state index contributed by atoms with van der Waals surface area (Å²) in [6.07, 6.45) is 0. The third-order valence-electron chi connectivity index (χ3n) is 2.75. The van der Waals surface area contributed by atoms with Crippen LogP contribution in [-0.2, 0) is 16.1 Å². The highest BCUT2D eigenvalue weighted by atomic mass is 16.5. The van der Waals surface area contributed by atoms with E-state index in [1.807, 2.05) is 54.6 Å². The first-order valence-corrected chi connectivity index (χ1v) is 6.35. The minimum absolute atomic E-state index is 0.138. The third kappa shape index (κ3) is 4.31. The summed E-state index contributed by atoms with van der Waals surface area (Å²) in [5, 5.41) is 2.98. The number of ether oxygens (including phenoxy) is 2. The molecule has 0 aliphatic rings. The van der Waals surface area contributed by atoms with E-state index in [0.717, 1.165) is 17.0 Å².